The first kappa shape index (κ1) is 29.7. The van der Waals surface area contributed by atoms with E-state index in [2.05, 4.69) is 0 Å². The highest BCUT2D eigenvalue weighted by atomic mass is 16.5. The van der Waals surface area contributed by atoms with Gasteiger partial charge in [0.15, 0.2) is 0 Å². The maximum atomic E-state index is 14.6. The van der Waals surface area contributed by atoms with Crippen LogP contribution in [0.25, 0.3) is 0 Å². The summed E-state index contributed by atoms with van der Waals surface area (Å²) in [6.45, 7) is 7.46. The zero-order valence-corrected chi connectivity index (χ0v) is 24.4. The molecular weight excluding hydrogens is 532 g/mol. The second kappa shape index (κ2) is 12.5. The van der Waals surface area contributed by atoms with E-state index in [0.29, 0.717) is 11.4 Å². The number of anilines is 4. The summed E-state index contributed by atoms with van der Waals surface area (Å²) in [5.41, 5.74) is 4.67. The minimum atomic E-state index is -0.944. The van der Waals surface area contributed by atoms with Gasteiger partial charge in [-0.15, -0.1) is 0 Å². The van der Waals surface area contributed by atoms with Crippen LogP contribution in [0.4, 0.5) is 22.7 Å². The van der Waals surface area contributed by atoms with Crippen molar-refractivity contribution in [3.63, 3.8) is 0 Å². The number of amides is 2. The van der Waals surface area contributed by atoms with Crippen LogP contribution in [0, 0.1) is 27.7 Å². The molecule has 0 fully saturated rings. The molecule has 8 nitrogen and oxygen atoms in total. The molecule has 4 rings (SSSR count). The average molecular weight is 565 g/mol. The van der Waals surface area contributed by atoms with Crippen molar-refractivity contribution in [1.29, 1.82) is 0 Å². The van der Waals surface area contributed by atoms with Gasteiger partial charge in [-0.3, -0.25) is 19.4 Å². The molecule has 0 spiro atoms. The van der Waals surface area contributed by atoms with E-state index in [1.165, 1.54) is 36.2 Å². The molecule has 0 aromatic heterocycles. The van der Waals surface area contributed by atoms with Gasteiger partial charge in [-0.05, 0) is 86.3 Å². The maximum Gasteiger partial charge on any atom is 0.339 e. The first-order valence-corrected chi connectivity index (χ1v) is 13.3. The predicted molar refractivity (Wildman–Crippen MR) is 162 cm³/mol. The third kappa shape index (κ3) is 5.51. The van der Waals surface area contributed by atoms with Crippen molar-refractivity contribution in [2.75, 3.05) is 24.0 Å². The molecule has 0 N–H and O–H groups in total. The van der Waals surface area contributed by atoms with Crippen molar-refractivity contribution in [3.8, 4) is 0 Å². The van der Waals surface area contributed by atoms with Crippen molar-refractivity contribution < 1.29 is 28.7 Å². The number of ether oxygens (including phenoxy) is 2. The second-order valence-corrected chi connectivity index (χ2v) is 9.74. The SMILES string of the molecule is COC(=O)c1ccccc1N(C(=O)C(=O)N(c1ccccc1C(=O)OC)c1cccc(C)c1C)c1cccc(C)c1C. The van der Waals surface area contributed by atoms with Crippen LogP contribution in [0.2, 0.25) is 0 Å². The molecular formula is C34H32N2O6. The molecule has 0 heterocycles. The van der Waals surface area contributed by atoms with E-state index in [-0.39, 0.29) is 22.5 Å². The van der Waals surface area contributed by atoms with Gasteiger partial charge >= 0.3 is 23.8 Å². The number of hydrogen-bond acceptors (Lipinski definition) is 6. The van der Waals surface area contributed by atoms with Crippen molar-refractivity contribution in [3.05, 3.63) is 118 Å². The topological polar surface area (TPSA) is 93.2 Å². The Morgan fingerprint density at radius 2 is 0.810 bits per heavy atom. The van der Waals surface area contributed by atoms with Gasteiger partial charge in [0.25, 0.3) is 0 Å². The molecule has 0 radical (unpaired) electrons. The van der Waals surface area contributed by atoms with Gasteiger partial charge in [-0.1, -0.05) is 48.5 Å². The number of benzene rings is 4. The molecule has 4 aromatic carbocycles. The first-order chi connectivity index (χ1) is 20.1. The van der Waals surface area contributed by atoms with E-state index >= 15 is 0 Å². The maximum absolute atomic E-state index is 14.6. The van der Waals surface area contributed by atoms with E-state index < -0.39 is 23.8 Å². The molecule has 0 atom stereocenters. The molecule has 8 heteroatoms. The Labute approximate surface area is 245 Å². The summed E-state index contributed by atoms with van der Waals surface area (Å²) in [7, 11) is 2.50. The highest BCUT2D eigenvalue weighted by molar-refractivity contribution is 6.48. The summed E-state index contributed by atoms with van der Waals surface area (Å²) in [5.74, 6) is -3.21. The highest BCUT2D eigenvalue weighted by Crippen LogP contribution is 2.37. The second-order valence-electron chi connectivity index (χ2n) is 9.74. The number of aryl methyl sites for hydroxylation is 2. The van der Waals surface area contributed by atoms with E-state index in [1.54, 1.807) is 60.7 Å². The molecule has 0 aliphatic rings. The standard InChI is InChI=1S/C34H32N2O6/c1-21-13-11-19-27(23(21)3)35(29-17-9-7-15-25(29)33(39)41-5)31(37)32(38)36(28-20-12-14-22(2)24(28)4)30-18-10-8-16-26(30)34(40)42-6/h7-20H,1-6H3. The summed E-state index contributed by atoms with van der Waals surface area (Å²) in [5, 5.41) is 0. The monoisotopic (exact) mass is 564 g/mol. The first-order valence-electron chi connectivity index (χ1n) is 13.3. The fourth-order valence-corrected chi connectivity index (χ4v) is 4.75. The highest BCUT2D eigenvalue weighted by Gasteiger charge is 2.36. The van der Waals surface area contributed by atoms with Gasteiger partial charge < -0.3 is 9.47 Å². The smallest absolute Gasteiger partial charge is 0.339 e. The zero-order chi connectivity index (χ0) is 30.6. The number of para-hydroxylation sites is 2. The van der Waals surface area contributed by atoms with Crippen molar-refractivity contribution in [1.82, 2.24) is 0 Å². The van der Waals surface area contributed by atoms with E-state index in [1.807, 2.05) is 39.8 Å². The average Bonchev–Trinajstić information content (AvgIpc) is 3.01. The van der Waals surface area contributed by atoms with Crippen LogP contribution in [0.15, 0.2) is 84.9 Å². The summed E-state index contributed by atoms with van der Waals surface area (Å²) < 4.78 is 10.0. The number of esters is 2. The zero-order valence-electron chi connectivity index (χ0n) is 24.4. The number of nitrogens with zero attached hydrogens (tertiary/aromatic N) is 2. The van der Waals surface area contributed by atoms with Crippen LogP contribution < -0.4 is 9.80 Å². The molecule has 4 aromatic rings. The minimum absolute atomic E-state index is 0.107. The third-order valence-electron chi connectivity index (χ3n) is 7.32. The molecule has 2 amide bonds. The van der Waals surface area contributed by atoms with Gasteiger partial charge in [0, 0.05) is 0 Å². The van der Waals surface area contributed by atoms with E-state index in [0.717, 1.165) is 22.3 Å². The summed E-state index contributed by atoms with van der Waals surface area (Å²) in [6, 6.07) is 23.7. The lowest BCUT2D eigenvalue weighted by Crippen LogP contribution is -2.43. The molecule has 0 aliphatic heterocycles. The minimum Gasteiger partial charge on any atom is -0.465 e. The quantitative estimate of drug-likeness (QED) is 0.195. The molecule has 0 saturated heterocycles. The molecule has 42 heavy (non-hydrogen) atoms. The summed E-state index contributed by atoms with van der Waals surface area (Å²) >= 11 is 0. The lowest BCUT2D eigenvalue weighted by molar-refractivity contribution is -0.135. The predicted octanol–water partition coefficient (Wildman–Crippen LogP) is 6.52. The number of carbonyl (C=O) groups is 4. The lowest BCUT2D eigenvalue weighted by atomic mass is 10.0. The Morgan fingerprint density at radius 3 is 1.17 bits per heavy atom. The molecule has 0 unspecified atom stereocenters. The van der Waals surface area contributed by atoms with E-state index in [4.69, 9.17) is 9.47 Å². The van der Waals surface area contributed by atoms with Gasteiger partial charge in [-0.2, -0.15) is 0 Å². The molecule has 214 valence electrons. The lowest BCUT2D eigenvalue weighted by Gasteiger charge is -2.31. The normalized spacial score (nSPS) is 10.5. The van der Waals surface area contributed by atoms with Gasteiger partial charge in [0.2, 0.25) is 0 Å². The number of hydrogen-bond donors (Lipinski definition) is 0. The largest absolute Gasteiger partial charge is 0.465 e. The van der Waals surface area contributed by atoms with Crippen LogP contribution in [-0.4, -0.2) is 38.0 Å². The Bertz CT molecular complexity index is 1570. The van der Waals surface area contributed by atoms with Crippen molar-refractivity contribution >= 4 is 46.5 Å². The Balaban J connectivity index is 2.01. The van der Waals surface area contributed by atoms with Crippen LogP contribution in [-0.2, 0) is 19.1 Å². The summed E-state index contributed by atoms with van der Waals surface area (Å²) in [4.78, 5) is 57.2. The molecule has 0 bridgehead atoms. The fourth-order valence-electron chi connectivity index (χ4n) is 4.75. The van der Waals surface area contributed by atoms with Gasteiger partial charge in [-0.25, -0.2) is 9.59 Å². The van der Waals surface area contributed by atoms with Crippen LogP contribution in [0.3, 0.4) is 0 Å². The van der Waals surface area contributed by atoms with Gasteiger partial charge in [0.1, 0.15) is 0 Å². The van der Waals surface area contributed by atoms with Crippen LogP contribution in [0.5, 0.6) is 0 Å². The fraction of sp³-hybridized carbons (Fsp3) is 0.176. The van der Waals surface area contributed by atoms with Crippen molar-refractivity contribution in [2.45, 2.75) is 27.7 Å². The molecule has 0 saturated carbocycles. The van der Waals surface area contributed by atoms with Crippen LogP contribution >= 0.6 is 0 Å². The Kier molecular flexibility index (Phi) is 8.86. The van der Waals surface area contributed by atoms with Gasteiger partial charge in [0.05, 0.1) is 48.1 Å². The number of carbonyl (C=O) groups excluding carboxylic acids is 4. The number of methoxy groups -OCH3 is 2. The Morgan fingerprint density at radius 1 is 0.476 bits per heavy atom. The van der Waals surface area contributed by atoms with E-state index in [9.17, 15) is 19.2 Å². The number of rotatable bonds is 6. The Hall–Kier alpha value is -5.24. The molecule has 0 aliphatic carbocycles. The van der Waals surface area contributed by atoms with Crippen molar-refractivity contribution in [2.24, 2.45) is 0 Å². The van der Waals surface area contributed by atoms with Crippen LogP contribution in [0.1, 0.15) is 43.0 Å². The third-order valence-corrected chi connectivity index (χ3v) is 7.32. The summed E-state index contributed by atoms with van der Waals surface area (Å²) in [6.07, 6.45) is 0.